The number of para-hydroxylation sites is 1. The molecule has 0 aliphatic carbocycles. The zero-order chi connectivity index (χ0) is 15.6. The molecule has 130 valence electrons. The van der Waals surface area contributed by atoms with Crippen LogP contribution in [0.4, 0.5) is 5.69 Å². The van der Waals surface area contributed by atoms with Crippen LogP contribution in [0, 0.1) is 0 Å². The third-order valence-corrected chi connectivity index (χ3v) is 3.75. The molecular weight excluding hydrogens is 312 g/mol. The SMILES string of the molecule is CN(C)C(=Nc1ccccc1)NOCCCN1CCCCC1.Cl. The van der Waals surface area contributed by atoms with Gasteiger partial charge in [-0.05, 0) is 44.5 Å². The number of piperidine rings is 1. The van der Waals surface area contributed by atoms with E-state index in [1.807, 2.05) is 49.3 Å². The molecule has 0 unspecified atom stereocenters. The molecule has 0 bridgehead atoms. The minimum absolute atomic E-state index is 0. The smallest absolute Gasteiger partial charge is 0.223 e. The first-order valence-electron chi connectivity index (χ1n) is 8.17. The van der Waals surface area contributed by atoms with Crippen LogP contribution in [0.1, 0.15) is 25.7 Å². The monoisotopic (exact) mass is 340 g/mol. The first kappa shape index (κ1) is 19.7. The highest BCUT2D eigenvalue weighted by atomic mass is 35.5. The Balaban J connectivity index is 0.00000264. The van der Waals surface area contributed by atoms with Crippen molar-refractivity contribution in [2.45, 2.75) is 25.7 Å². The van der Waals surface area contributed by atoms with Crippen LogP contribution in [0.15, 0.2) is 35.3 Å². The molecule has 1 aliphatic rings. The summed E-state index contributed by atoms with van der Waals surface area (Å²) in [6, 6.07) is 9.89. The number of likely N-dealkylation sites (tertiary alicyclic amines) is 1. The largest absolute Gasteiger partial charge is 0.347 e. The molecule has 1 aromatic rings. The lowest BCUT2D eigenvalue weighted by Gasteiger charge is -2.26. The second-order valence-corrected chi connectivity index (χ2v) is 5.87. The molecule has 1 aliphatic heterocycles. The number of hydrogen-bond acceptors (Lipinski definition) is 3. The van der Waals surface area contributed by atoms with Crippen molar-refractivity contribution in [1.82, 2.24) is 15.3 Å². The van der Waals surface area contributed by atoms with E-state index in [0.29, 0.717) is 12.6 Å². The number of nitrogens with zero attached hydrogens (tertiary/aromatic N) is 3. The van der Waals surface area contributed by atoms with Gasteiger partial charge in [0, 0.05) is 20.6 Å². The number of rotatable bonds is 6. The molecule has 1 aromatic carbocycles. The molecular formula is C17H29ClN4O. The van der Waals surface area contributed by atoms with Gasteiger partial charge in [0.25, 0.3) is 0 Å². The second-order valence-electron chi connectivity index (χ2n) is 5.87. The Kier molecular flexibility index (Phi) is 9.67. The van der Waals surface area contributed by atoms with E-state index in [9.17, 15) is 0 Å². The molecule has 1 fully saturated rings. The normalized spacial score (nSPS) is 15.8. The van der Waals surface area contributed by atoms with Gasteiger partial charge in [0.2, 0.25) is 5.96 Å². The van der Waals surface area contributed by atoms with Gasteiger partial charge >= 0.3 is 0 Å². The predicted molar refractivity (Wildman–Crippen MR) is 98.5 cm³/mol. The lowest BCUT2D eigenvalue weighted by Crippen LogP contribution is -2.37. The second kappa shape index (κ2) is 11.3. The van der Waals surface area contributed by atoms with E-state index in [1.165, 1.54) is 32.4 Å². The van der Waals surface area contributed by atoms with Gasteiger partial charge in [-0.1, -0.05) is 24.6 Å². The molecule has 0 amide bonds. The molecule has 5 nitrogen and oxygen atoms in total. The molecule has 0 spiro atoms. The molecule has 0 atom stereocenters. The number of guanidine groups is 1. The van der Waals surface area contributed by atoms with Crippen LogP contribution in [0.3, 0.4) is 0 Å². The van der Waals surface area contributed by atoms with Crippen LogP contribution in [-0.4, -0.2) is 56.1 Å². The van der Waals surface area contributed by atoms with E-state index in [4.69, 9.17) is 4.84 Å². The Labute approximate surface area is 146 Å². The van der Waals surface area contributed by atoms with E-state index in [-0.39, 0.29) is 12.4 Å². The van der Waals surface area contributed by atoms with Crippen molar-refractivity contribution < 1.29 is 4.84 Å². The van der Waals surface area contributed by atoms with E-state index in [1.54, 1.807) is 0 Å². The topological polar surface area (TPSA) is 40.1 Å². The highest BCUT2D eigenvalue weighted by Gasteiger charge is 2.09. The van der Waals surface area contributed by atoms with Gasteiger partial charge in [-0.2, -0.15) is 0 Å². The Morgan fingerprint density at radius 2 is 1.87 bits per heavy atom. The fourth-order valence-electron chi connectivity index (χ4n) is 2.50. The Bertz CT molecular complexity index is 447. The van der Waals surface area contributed by atoms with Crippen LogP contribution in [0.25, 0.3) is 0 Å². The molecule has 0 radical (unpaired) electrons. The maximum Gasteiger partial charge on any atom is 0.223 e. The minimum Gasteiger partial charge on any atom is -0.347 e. The fourth-order valence-corrected chi connectivity index (χ4v) is 2.50. The summed E-state index contributed by atoms with van der Waals surface area (Å²) in [4.78, 5) is 14.6. The first-order valence-corrected chi connectivity index (χ1v) is 8.17. The molecule has 1 saturated heterocycles. The van der Waals surface area contributed by atoms with Gasteiger partial charge in [-0.15, -0.1) is 12.4 Å². The molecule has 1 N–H and O–H groups in total. The highest BCUT2D eigenvalue weighted by molar-refractivity contribution is 5.85. The van der Waals surface area contributed by atoms with Gasteiger partial charge in [0.05, 0.1) is 12.3 Å². The summed E-state index contributed by atoms with van der Waals surface area (Å²) in [5, 5.41) is 0. The zero-order valence-electron chi connectivity index (χ0n) is 14.2. The molecule has 23 heavy (non-hydrogen) atoms. The van der Waals surface area contributed by atoms with Crippen LogP contribution in [0.2, 0.25) is 0 Å². The molecule has 0 saturated carbocycles. The summed E-state index contributed by atoms with van der Waals surface area (Å²) >= 11 is 0. The van der Waals surface area contributed by atoms with Crippen molar-refractivity contribution in [3.8, 4) is 0 Å². The maximum absolute atomic E-state index is 5.57. The van der Waals surface area contributed by atoms with Crippen molar-refractivity contribution in [2.75, 3.05) is 40.3 Å². The zero-order valence-corrected chi connectivity index (χ0v) is 15.0. The third kappa shape index (κ3) is 7.68. The lowest BCUT2D eigenvalue weighted by atomic mass is 10.1. The van der Waals surface area contributed by atoms with E-state index in [2.05, 4.69) is 15.4 Å². The highest BCUT2D eigenvalue weighted by Crippen LogP contribution is 2.10. The average molecular weight is 341 g/mol. The van der Waals surface area contributed by atoms with Crippen molar-refractivity contribution in [3.63, 3.8) is 0 Å². The molecule has 2 rings (SSSR count). The molecule has 0 aromatic heterocycles. The Hall–Kier alpha value is -1.30. The van der Waals surface area contributed by atoms with Gasteiger partial charge in [-0.3, -0.25) is 4.84 Å². The number of hydrogen-bond donors (Lipinski definition) is 1. The number of aliphatic imine (C=N–C) groups is 1. The molecule has 1 heterocycles. The number of nitrogens with one attached hydrogen (secondary N) is 1. The fraction of sp³-hybridized carbons (Fsp3) is 0.588. The van der Waals surface area contributed by atoms with Crippen LogP contribution in [-0.2, 0) is 4.84 Å². The maximum atomic E-state index is 5.57. The Morgan fingerprint density at radius 1 is 1.17 bits per heavy atom. The summed E-state index contributed by atoms with van der Waals surface area (Å²) in [6.45, 7) is 4.30. The summed E-state index contributed by atoms with van der Waals surface area (Å²) < 4.78 is 0. The number of hydroxylamine groups is 1. The standard InChI is InChI=1S/C17H28N4O.ClH/c1-20(2)17(18-16-10-5-3-6-11-16)19-22-15-9-14-21-12-7-4-8-13-21;/h3,5-6,10-11H,4,7-9,12-15H2,1-2H3,(H,18,19);1H. The quantitative estimate of drug-likeness (QED) is 0.374. The van der Waals surface area contributed by atoms with Crippen LogP contribution in [0.5, 0.6) is 0 Å². The van der Waals surface area contributed by atoms with Gasteiger partial charge in [0.1, 0.15) is 0 Å². The number of benzene rings is 1. The minimum atomic E-state index is 0. The van der Waals surface area contributed by atoms with Crippen molar-refractivity contribution in [1.29, 1.82) is 0 Å². The predicted octanol–water partition coefficient (Wildman–Crippen LogP) is 3.05. The van der Waals surface area contributed by atoms with Crippen molar-refractivity contribution in [2.24, 2.45) is 4.99 Å². The van der Waals surface area contributed by atoms with Crippen molar-refractivity contribution in [3.05, 3.63) is 30.3 Å². The average Bonchev–Trinajstić information content (AvgIpc) is 2.55. The first-order chi connectivity index (χ1) is 10.8. The summed E-state index contributed by atoms with van der Waals surface area (Å²) in [7, 11) is 3.90. The summed E-state index contributed by atoms with van der Waals surface area (Å²) in [5.74, 6) is 0.712. The lowest BCUT2D eigenvalue weighted by molar-refractivity contribution is 0.0679. The third-order valence-electron chi connectivity index (χ3n) is 3.75. The van der Waals surface area contributed by atoms with Gasteiger partial charge in [-0.25, -0.2) is 10.5 Å². The van der Waals surface area contributed by atoms with Crippen LogP contribution >= 0.6 is 12.4 Å². The van der Waals surface area contributed by atoms with E-state index in [0.717, 1.165) is 18.7 Å². The number of halogens is 1. The van der Waals surface area contributed by atoms with E-state index < -0.39 is 0 Å². The van der Waals surface area contributed by atoms with E-state index >= 15 is 0 Å². The van der Waals surface area contributed by atoms with Crippen molar-refractivity contribution >= 4 is 24.1 Å². The summed E-state index contributed by atoms with van der Waals surface area (Å²) in [5.41, 5.74) is 3.88. The van der Waals surface area contributed by atoms with Gasteiger partial charge < -0.3 is 9.80 Å². The summed E-state index contributed by atoms with van der Waals surface area (Å²) in [6.07, 6.45) is 5.11. The van der Waals surface area contributed by atoms with Gasteiger partial charge in [0.15, 0.2) is 0 Å². The Morgan fingerprint density at radius 3 is 2.52 bits per heavy atom. The molecule has 6 heteroatoms. The van der Waals surface area contributed by atoms with Crippen LogP contribution < -0.4 is 5.48 Å².